The third kappa shape index (κ3) is 8.99. The summed E-state index contributed by atoms with van der Waals surface area (Å²) in [5.41, 5.74) is 3.36. The molecule has 212 valence electrons. The summed E-state index contributed by atoms with van der Waals surface area (Å²) in [6.45, 7) is 12.8. The minimum atomic E-state index is -0.972. The monoisotopic (exact) mass is 539 g/mol. The van der Waals surface area contributed by atoms with Gasteiger partial charge in [0.05, 0.1) is 12.2 Å². The van der Waals surface area contributed by atoms with Crippen LogP contribution in [0.3, 0.4) is 0 Å². The maximum Gasteiger partial charge on any atom is 0.408 e. The Hall–Kier alpha value is -3.59. The van der Waals surface area contributed by atoms with Gasteiger partial charge >= 0.3 is 12.2 Å². The van der Waals surface area contributed by atoms with Crippen molar-refractivity contribution < 1.29 is 28.6 Å². The van der Waals surface area contributed by atoms with Crippen LogP contribution >= 0.6 is 0 Å². The van der Waals surface area contributed by atoms with Crippen LogP contribution in [0.1, 0.15) is 65.5 Å². The lowest BCUT2D eigenvalue weighted by molar-refractivity contribution is -0.126. The molecule has 0 spiro atoms. The third-order valence-electron chi connectivity index (χ3n) is 5.98. The summed E-state index contributed by atoms with van der Waals surface area (Å²) in [7, 11) is 0. The van der Waals surface area contributed by atoms with Crippen molar-refractivity contribution in [3.8, 4) is 11.1 Å². The standard InChI is InChI=1S/C30H41N3O6/c1-19(16-31-26(34)25(18-38-29(2,3)4)33-28(36)39-30(5,6)7)32-27(35)37-17-24-22-14-10-8-12-20(22)21-13-9-11-15-23(21)24/h8-15,19,24-25H,16-18H2,1-7H3,(H,31,34)(H,32,35)(H,33,36)/t19-,25+/m1/s1. The summed E-state index contributed by atoms with van der Waals surface area (Å²) >= 11 is 0. The molecule has 0 radical (unpaired) electrons. The highest BCUT2D eigenvalue weighted by molar-refractivity contribution is 5.86. The first-order valence-corrected chi connectivity index (χ1v) is 13.3. The Kier molecular flexibility index (Phi) is 9.61. The van der Waals surface area contributed by atoms with Crippen LogP contribution < -0.4 is 16.0 Å². The zero-order valence-electron chi connectivity index (χ0n) is 23.9. The Morgan fingerprint density at radius 3 is 1.92 bits per heavy atom. The molecule has 0 aromatic heterocycles. The number of carbonyl (C=O) groups excluding carboxylic acids is 3. The predicted octanol–water partition coefficient (Wildman–Crippen LogP) is 4.74. The highest BCUT2D eigenvalue weighted by atomic mass is 16.6. The normalized spacial score (nSPS) is 14.4. The molecule has 3 amide bonds. The van der Waals surface area contributed by atoms with E-state index in [9.17, 15) is 14.4 Å². The van der Waals surface area contributed by atoms with Crippen molar-refractivity contribution in [2.24, 2.45) is 0 Å². The summed E-state index contributed by atoms with van der Waals surface area (Å²) in [5, 5.41) is 8.08. The van der Waals surface area contributed by atoms with Gasteiger partial charge in [-0.15, -0.1) is 0 Å². The lowest BCUT2D eigenvalue weighted by Gasteiger charge is -2.26. The average molecular weight is 540 g/mol. The predicted molar refractivity (Wildman–Crippen MR) is 150 cm³/mol. The maximum atomic E-state index is 12.9. The summed E-state index contributed by atoms with van der Waals surface area (Å²) in [4.78, 5) is 37.7. The molecule has 9 nitrogen and oxygen atoms in total. The van der Waals surface area contributed by atoms with E-state index in [1.54, 1.807) is 27.7 Å². The van der Waals surface area contributed by atoms with Crippen molar-refractivity contribution in [2.75, 3.05) is 19.8 Å². The van der Waals surface area contributed by atoms with E-state index in [2.05, 4.69) is 40.2 Å². The maximum absolute atomic E-state index is 12.9. The van der Waals surface area contributed by atoms with Gasteiger partial charge in [-0.1, -0.05) is 48.5 Å². The molecule has 0 bridgehead atoms. The van der Waals surface area contributed by atoms with Crippen LogP contribution in [0.4, 0.5) is 9.59 Å². The zero-order chi connectivity index (χ0) is 28.8. The number of alkyl carbamates (subject to hydrolysis) is 2. The Bertz CT molecular complexity index is 1120. The molecule has 3 N–H and O–H groups in total. The molecule has 0 saturated heterocycles. The molecule has 39 heavy (non-hydrogen) atoms. The van der Waals surface area contributed by atoms with Gasteiger partial charge in [0.1, 0.15) is 18.2 Å². The highest BCUT2D eigenvalue weighted by Gasteiger charge is 2.30. The average Bonchev–Trinajstić information content (AvgIpc) is 3.16. The minimum absolute atomic E-state index is 0.0389. The van der Waals surface area contributed by atoms with Crippen molar-refractivity contribution in [1.82, 2.24) is 16.0 Å². The van der Waals surface area contributed by atoms with Crippen LogP contribution in [0.25, 0.3) is 11.1 Å². The third-order valence-corrected chi connectivity index (χ3v) is 5.98. The Morgan fingerprint density at radius 1 is 0.821 bits per heavy atom. The van der Waals surface area contributed by atoms with Gasteiger partial charge in [-0.2, -0.15) is 0 Å². The number of benzene rings is 2. The van der Waals surface area contributed by atoms with E-state index in [0.29, 0.717) is 0 Å². The van der Waals surface area contributed by atoms with Crippen molar-refractivity contribution in [2.45, 2.75) is 77.7 Å². The fourth-order valence-electron chi connectivity index (χ4n) is 4.24. The van der Waals surface area contributed by atoms with Crippen LogP contribution in [-0.4, -0.2) is 61.1 Å². The van der Waals surface area contributed by atoms with Crippen molar-refractivity contribution in [1.29, 1.82) is 0 Å². The Labute approximate surface area is 231 Å². The lowest BCUT2D eigenvalue weighted by atomic mass is 9.98. The molecule has 0 aliphatic heterocycles. The molecule has 1 aliphatic carbocycles. The number of fused-ring (bicyclic) bond motifs is 3. The highest BCUT2D eigenvalue weighted by Crippen LogP contribution is 2.44. The number of ether oxygens (including phenoxy) is 3. The van der Waals surface area contributed by atoms with Crippen LogP contribution in [0, 0.1) is 0 Å². The fourth-order valence-corrected chi connectivity index (χ4v) is 4.24. The topological polar surface area (TPSA) is 115 Å². The van der Waals surface area contributed by atoms with Gasteiger partial charge in [-0.3, -0.25) is 4.79 Å². The Balaban J connectivity index is 1.51. The summed E-state index contributed by atoms with van der Waals surface area (Å²) in [6.07, 6.45) is -1.29. The van der Waals surface area contributed by atoms with Crippen molar-refractivity contribution >= 4 is 18.1 Å². The van der Waals surface area contributed by atoms with E-state index in [4.69, 9.17) is 14.2 Å². The number of nitrogens with one attached hydrogen (secondary N) is 3. The van der Waals surface area contributed by atoms with E-state index in [1.807, 2.05) is 45.0 Å². The molecule has 0 saturated carbocycles. The van der Waals surface area contributed by atoms with Crippen molar-refractivity contribution in [3.05, 3.63) is 59.7 Å². The molecule has 0 fully saturated rings. The second kappa shape index (κ2) is 12.5. The van der Waals surface area contributed by atoms with Crippen LogP contribution in [0.2, 0.25) is 0 Å². The molecule has 1 aliphatic rings. The number of hydrogen-bond acceptors (Lipinski definition) is 6. The Morgan fingerprint density at radius 2 is 1.38 bits per heavy atom. The largest absolute Gasteiger partial charge is 0.449 e. The van der Waals surface area contributed by atoms with E-state index < -0.39 is 41.4 Å². The SMILES string of the molecule is C[C@H](CNC(=O)[C@H](COC(C)(C)C)NC(=O)OC(C)(C)C)NC(=O)OCC1c2ccccc2-c2ccccc21. The first kappa shape index (κ1) is 30.0. The van der Waals surface area contributed by atoms with Gasteiger partial charge in [0.15, 0.2) is 0 Å². The molecule has 2 atom stereocenters. The van der Waals surface area contributed by atoms with E-state index in [-0.39, 0.29) is 25.7 Å². The molecular weight excluding hydrogens is 498 g/mol. The van der Waals surface area contributed by atoms with Crippen LogP contribution in [-0.2, 0) is 19.0 Å². The lowest BCUT2D eigenvalue weighted by Crippen LogP contribution is -2.53. The van der Waals surface area contributed by atoms with E-state index in [1.165, 1.54) is 0 Å². The van der Waals surface area contributed by atoms with Gasteiger partial charge in [0.2, 0.25) is 5.91 Å². The number of hydrogen-bond donors (Lipinski definition) is 3. The first-order chi connectivity index (χ1) is 18.2. The summed E-state index contributed by atoms with van der Waals surface area (Å²) in [6, 6.07) is 14.9. The molecule has 9 heteroatoms. The van der Waals surface area contributed by atoms with Gasteiger partial charge in [0.25, 0.3) is 0 Å². The van der Waals surface area contributed by atoms with Gasteiger partial charge < -0.3 is 30.2 Å². The fraction of sp³-hybridized carbons (Fsp3) is 0.500. The first-order valence-electron chi connectivity index (χ1n) is 13.3. The van der Waals surface area contributed by atoms with E-state index in [0.717, 1.165) is 22.3 Å². The quantitative estimate of drug-likeness (QED) is 0.424. The van der Waals surface area contributed by atoms with Crippen molar-refractivity contribution in [3.63, 3.8) is 0 Å². The number of rotatable bonds is 9. The smallest absolute Gasteiger partial charge is 0.408 e. The second-order valence-electron chi connectivity index (χ2n) is 11.7. The molecule has 0 unspecified atom stereocenters. The van der Waals surface area contributed by atoms with Gasteiger partial charge in [0, 0.05) is 18.5 Å². The zero-order valence-corrected chi connectivity index (χ0v) is 23.9. The summed E-state index contributed by atoms with van der Waals surface area (Å²) in [5.74, 6) is -0.494. The van der Waals surface area contributed by atoms with E-state index >= 15 is 0 Å². The van der Waals surface area contributed by atoms with Crippen LogP contribution in [0.15, 0.2) is 48.5 Å². The number of amides is 3. The molecule has 2 aromatic rings. The summed E-state index contributed by atoms with van der Waals surface area (Å²) < 4.78 is 16.6. The molecular formula is C30H41N3O6. The second-order valence-corrected chi connectivity index (χ2v) is 11.7. The van der Waals surface area contributed by atoms with Crippen LogP contribution in [0.5, 0.6) is 0 Å². The van der Waals surface area contributed by atoms with Gasteiger partial charge in [-0.05, 0) is 70.7 Å². The number of carbonyl (C=O) groups is 3. The molecule has 2 aromatic carbocycles. The molecule has 0 heterocycles. The minimum Gasteiger partial charge on any atom is -0.449 e. The van der Waals surface area contributed by atoms with Gasteiger partial charge in [-0.25, -0.2) is 9.59 Å². The molecule has 3 rings (SSSR count).